The molecule has 0 N–H and O–H groups in total. The van der Waals surface area contributed by atoms with Crippen molar-refractivity contribution < 1.29 is 23.8 Å². The molecule has 7 heteroatoms. The number of ether oxygens (including phenoxy) is 2. The number of esters is 1. The van der Waals surface area contributed by atoms with Gasteiger partial charge >= 0.3 is 11.7 Å². The van der Waals surface area contributed by atoms with Crippen LogP contribution in [-0.2, 0) is 17.7 Å². The summed E-state index contributed by atoms with van der Waals surface area (Å²) in [6.45, 7) is 4.11. The Bertz CT molecular complexity index is 1050. The van der Waals surface area contributed by atoms with Gasteiger partial charge < -0.3 is 19.2 Å². The molecule has 0 saturated heterocycles. The molecule has 3 rings (SSSR count). The van der Waals surface area contributed by atoms with Gasteiger partial charge in [0.05, 0.1) is 7.11 Å². The maximum Gasteiger partial charge on any atom is 0.405 e. The van der Waals surface area contributed by atoms with Gasteiger partial charge in [-0.3, -0.25) is 4.79 Å². The molecule has 30 heavy (non-hydrogen) atoms. The SMILES string of the molecule is COc1ccc(CCn2c(C)cc(C(=O)COC(=O)c3cccc[n+]3[O-])c2C)cc1. The Kier molecular flexibility index (Phi) is 6.51. The van der Waals surface area contributed by atoms with E-state index in [0.29, 0.717) is 10.3 Å². The van der Waals surface area contributed by atoms with Crippen molar-refractivity contribution in [1.82, 2.24) is 4.57 Å². The first-order valence-electron chi connectivity index (χ1n) is 9.59. The Hall–Kier alpha value is -3.61. The van der Waals surface area contributed by atoms with Crippen molar-refractivity contribution in [1.29, 1.82) is 0 Å². The Morgan fingerprint density at radius 3 is 2.50 bits per heavy atom. The summed E-state index contributed by atoms with van der Waals surface area (Å²) in [5.74, 6) is -0.319. The first-order valence-corrected chi connectivity index (χ1v) is 9.59. The molecule has 0 radical (unpaired) electrons. The monoisotopic (exact) mass is 408 g/mol. The van der Waals surface area contributed by atoms with Crippen molar-refractivity contribution in [2.24, 2.45) is 0 Å². The van der Waals surface area contributed by atoms with E-state index in [1.54, 1.807) is 19.2 Å². The van der Waals surface area contributed by atoms with Crippen LogP contribution in [0.2, 0.25) is 0 Å². The minimum Gasteiger partial charge on any atom is -0.618 e. The van der Waals surface area contributed by atoms with E-state index in [2.05, 4.69) is 4.57 Å². The van der Waals surface area contributed by atoms with Crippen LogP contribution >= 0.6 is 0 Å². The third-order valence-corrected chi connectivity index (χ3v) is 5.02. The summed E-state index contributed by atoms with van der Waals surface area (Å²) in [7, 11) is 1.63. The van der Waals surface area contributed by atoms with Crippen LogP contribution in [0.1, 0.15) is 37.8 Å². The minimum atomic E-state index is -0.827. The zero-order valence-electron chi connectivity index (χ0n) is 17.3. The second kappa shape index (κ2) is 9.26. The fraction of sp³-hybridized carbons (Fsp3) is 0.261. The smallest absolute Gasteiger partial charge is 0.405 e. The number of pyridine rings is 1. The van der Waals surface area contributed by atoms with E-state index in [1.165, 1.54) is 23.9 Å². The molecule has 0 spiro atoms. The topological polar surface area (TPSA) is 84.5 Å². The maximum atomic E-state index is 12.6. The number of methoxy groups -OCH3 is 1. The fourth-order valence-electron chi connectivity index (χ4n) is 3.33. The second-order valence-corrected chi connectivity index (χ2v) is 6.95. The summed E-state index contributed by atoms with van der Waals surface area (Å²) < 4.78 is 12.7. The van der Waals surface area contributed by atoms with E-state index in [9.17, 15) is 14.8 Å². The van der Waals surface area contributed by atoms with E-state index in [4.69, 9.17) is 9.47 Å². The van der Waals surface area contributed by atoms with E-state index < -0.39 is 12.6 Å². The van der Waals surface area contributed by atoms with Gasteiger partial charge in [-0.15, -0.1) is 0 Å². The van der Waals surface area contributed by atoms with Crippen LogP contribution in [0.5, 0.6) is 5.75 Å². The molecular weight excluding hydrogens is 384 g/mol. The highest BCUT2D eigenvalue weighted by atomic mass is 16.5. The number of ketones is 1. The van der Waals surface area contributed by atoms with Gasteiger partial charge in [0.2, 0.25) is 5.78 Å². The molecule has 0 amide bonds. The number of carbonyl (C=O) groups excluding carboxylic acids is 2. The van der Waals surface area contributed by atoms with Crippen molar-refractivity contribution in [2.75, 3.05) is 13.7 Å². The molecular formula is C23H24N2O5. The first-order chi connectivity index (χ1) is 14.4. The number of carbonyl (C=O) groups is 2. The third kappa shape index (κ3) is 4.68. The van der Waals surface area contributed by atoms with Crippen LogP contribution in [0.4, 0.5) is 0 Å². The summed E-state index contributed by atoms with van der Waals surface area (Å²) in [5, 5.41) is 11.6. The number of aryl methyl sites for hydroxylation is 2. The number of hydrogen-bond donors (Lipinski definition) is 0. The van der Waals surface area contributed by atoms with Crippen molar-refractivity contribution in [3.8, 4) is 5.75 Å². The van der Waals surface area contributed by atoms with Gasteiger partial charge in [0.1, 0.15) is 5.75 Å². The molecule has 0 unspecified atom stereocenters. The van der Waals surface area contributed by atoms with Crippen LogP contribution in [0, 0.1) is 19.1 Å². The second-order valence-electron chi connectivity index (χ2n) is 6.95. The predicted octanol–water partition coefficient (Wildman–Crippen LogP) is 3.03. The van der Waals surface area contributed by atoms with Gasteiger partial charge in [-0.1, -0.05) is 12.1 Å². The molecule has 7 nitrogen and oxygen atoms in total. The number of nitrogens with zero attached hydrogens (tertiary/aromatic N) is 2. The third-order valence-electron chi connectivity index (χ3n) is 5.02. The van der Waals surface area contributed by atoms with Crippen LogP contribution in [0.3, 0.4) is 0 Å². The number of hydrogen-bond acceptors (Lipinski definition) is 5. The zero-order valence-corrected chi connectivity index (χ0v) is 17.3. The molecule has 0 atom stereocenters. The molecule has 2 aromatic heterocycles. The molecule has 2 heterocycles. The highest BCUT2D eigenvalue weighted by Gasteiger charge is 2.21. The van der Waals surface area contributed by atoms with E-state index in [0.717, 1.165) is 30.1 Å². The molecule has 1 aromatic carbocycles. The Morgan fingerprint density at radius 1 is 1.10 bits per heavy atom. The van der Waals surface area contributed by atoms with Crippen LogP contribution in [-0.4, -0.2) is 30.0 Å². The van der Waals surface area contributed by atoms with E-state index >= 15 is 0 Å². The minimum absolute atomic E-state index is 0.157. The normalized spacial score (nSPS) is 10.6. The lowest BCUT2D eigenvalue weighted by Gasteiger charge is -2.10. The largest absolute Gasteiger partial charge is 0.618 e. The number of aromatic nitrogens is 2. The van der Waals surface area contributed by atoms with Gasteiger partial charge in [0, 0.05) is 35.6 Å². The molecule has 0 aliphatic rings. The van der Waals surface area contributed by atoms with Gasteiger partial charge in [-0.05, 0) is 50.1 Å². The molecule has 0 saturated carbocycles. The van der Waals surface area contributed by atoms with Crippen LogP contribution in [0.25, 0.3) is 0 Å². The highest BCUT2D eigenvalue weighted by Crippen LogP contribution is 2.18. The van der Waals surface area contributed by atoms with Gasteiger partial charge in [0.25, 0.3) is 0 Å². The van der Waals surface area contributed by atoms with Gasteiger partial charge in [0.15, 0.2) is 12.8 Å². The van der Waals surface area contributed by atoms with Crippen LogP contribution < -0.4 is 9.47 Å². The summed E-state index contributed by atoms with van der Waals surface area (Å²) in [4.78, 5) is 24.7. The highest BCUT2D eigenvalue weighted by molar-refractivity contribution is 6.00. The Balaban J connectivity index is 1.64. The van der Waals surface area contributed by atoms with Crippen molar-refractivity contribution >= 4 is 11.8 Å². The number of benzene rings is 1. The summed E-state index contributed by atoms with van der Waals surface area (Å²) in [6.07, 6.45) is 2.01. The Morgan fingerprint density at radius 2 is 1.83 bits per heavy atom. The van der Waals surface area contributed by atoms with Gasteiger partial charge in [-0.2, -0.15) is 4.73 Å². The van der Waals surface area contributed by atoms with Crippen LogP contribution in [0.15, 0.2) is 54.7 Å². The molecule has 156 valence electrons. The molecule has 0 aliphatic heterocycles. The first kappa shape index (κ1) is 21.1. The number of Topliss-reactive ketones (excluding diaryl/α,β-unsaturated/α-hetero) is 1. The summed E-state index contributed by atoms with van der Waals surface area (Å²) in [6, 6.07) is 14.1. The summed E-state index contributed by atoms with van der Waals surface area (Å²) in [5.41, 5.74) is 3.30. The zero-order chi connectivity index (χ0) is 21.7. The lowest BCUT2D eigenvalue weighted by Crippen LogP contribution is -2.35. The quantitative estimate of drug-likeness (QED) is 0.248. The van der Waals surface area contributed by atoms with Gasteiger partial charge in [-0.25, -0.2) is 4.79 Å². The molecule has 0 bridgehead atoms. The van der Waals surface area contributed by atoms with Crippen molar-refractivity contribution in [2.45, 2.75) is 26.8 Å². The lowest BCUT2D eigenvalue weighted by atomic mass is 10.1. The molecule has 0 aliphatic carbocycles. The average Bonchev–Trinajstić information content (AvgIpc) is 3.04. The average molecular weight is 408 g/mol. The molecule has 3 aromatic rings. The lowest BCUT2D eigenvalue weighted by molar-refractivity contribution is -0.608. The maximum absolute atomic E-state index is 12.6. The standard InChI is InChI=1S/C23H24N2O5/c1-16-14-20(22(26)15-30-23(27)21-6-4-5-12-25(21)28)17(2)24(16)13-11-18-7-9-19(29-3)10-8-18/h4-10,12,14H,11,13,15H2,1-3H3. The predicted molar refractivity (Wildman–Crippen MR) is 111 cm³/mol. The molecule has 0 fully saturated rings. The van der Waals surface area contributed by atoms with Crippen molar-refractivity contribution in [3.63, 3.8) is 0 Å². The summed E-state index contributed by atoms with van der Waals surface area (Å²) >= 11 is 0. The van der Waals surface area contributed by atoms with E-state index in [1.807, 2.05) is 38.1 Å². The Labute approximate surface area is 175 Å². The van der Waals surface area contributed by atoms with Crippen molar-refractivity contribution in [3.05, 3.63) is 88.1 Å². The number of rotatable bonds is 8. The van der Waals surface area contributed by atoms with E-state index in [-0.39, 0.29) is 11.5 Å². The fourth-order valence-corrected chi connectivity index (χ4v) is 3.33.